The molecule has 0 unspecified atom stereocenters. The highest BCUT2D eigenvalue weighted by atomic mass is 15.5. The van der Waals surface area contributed by atoms with Crippen molar-refractivity contribution < 1.29 is 18.7 Å². The average molecular weight is 1350 g/mol. The maximum Gasteiger partial charge on any atom is 0.242 e. The smallest absolute Gasteiger partial charge is 0.147 e. The van der Waals surface area contributed by atoms with Crippen molar-refractivity contribution in [1.82, 2.24) is 18.6 Å². The van der Waals surface area contributed by atoms with Gasteiger partial charge < -0.3 is 0 Å². The molecule has 0 bridgehead atoms. The highest BCUT2D eigenvalue weighted by molar-refractivity contribution is 6.13. The molecular formula is C91H146N8+4. The first-order chi connectivity index (χ1) is 46.0. The first kappa shape index (κ1) is 88.0. The van der Waals surface area contributed by atoms with Gasteiger partial charge in [-0.25, -0.2) is 0 Å². The summed E-state index contributed by atoms with van der Waals surface area (Å²) in [7, 11) is 0. The van der Waals surface area contributed by atoms with Gasteiger partial charge in [0.05, 0.1) is 23.1 Å². The number of fused-ring (bicyclic) bond motifs is 9. The molecule has 0 fully saturated rings. The first-order valence-corrected chi connectivity index (χ1v) is 38.1. The molecule has 0 aliphatic carbocycles. The average Bonchev–Trinajstić information content (AvgIpc) is 1.70. The van der Waals surface area contributed by atoms with Crippen molar-refractivity contribution in [2.75, 3.05) is 0 Å². The molecule has 5 aromatic carbocycles. The highest BCUT2D eigenvalue weighted by Crippen LogP contribution is 2.37. The Morgan fingerprint density at radius 1 is 0.364 bits per heavy atom. The molecule has 5 aromatic heterocycles. The molecule has 0 radical (unpaired) electrons. The van der Waals surface area contributed by atoms with Crippen LogP contribution in [0.2, 0.25) is 0 Å². The third-order valence-corrected chi connectivity index (χ3v) is 16.9. The predicted molar refractivity (Wildman–Crippen MR) is 435 cm³/mol. The van der Waals surface area contributed by atoms with Crippen molar-refractivity contribution in [3.8, 4) is 17.1 Å². The van der Waals surface area contributed by atoms with Crippen LogP contribution in [0.1, 0.15) is 300 Å². The fourth-order valence-electron chi connectivity index (χ4n) is 13.3. The topological polar surface area (TPSA) is 34.7 Å². The van der Waals surface area contributed by atoms with Gasteiger partial charge in [0, 0.05) is 122 Å². The van der Waals surface area contributed by atoms with Crippen LogP contribution in [-0.4, -0.2) is 18.6 Å². The number of pyridine rings is 1. The van der Waals surface area contributed by atoms with Crippen LogP contribution in [0.4, 0.5) is 0 Å². The summed E-state index contributed by atoms with van der Waals surface area (Å²) in [6.45, 7) is 85.2. The van der Waals surface area contributed by atoms with E-state index in [0.29, 0.717) is 0 Å². The van der Waals surface area contributed by atoms with Crippen molar-refractivity contribution in [2.45, 2.75) is 327 Å². The number of hydrogen-bond acceptors (Lipinski definition) is 0. The molecule has 0 amide bonds. The van der Waals surface area contributed by atoms with Crippen LogP contribution in [0, 0.1) is 20.8 Å². The fourth-order valence-corrected chi connectivity index (χ4v) is 13.3. The van der Waals surface area contributed by atoms with Crippen molar-refractivity contribution in [3.63, 3.8) is 0 Å². The lowest BCUT2D eigenvalue weighted by Gasteiger charge is -2.26. The van der Waals surface area contributed by atoms with Crippen LogP contribution in [0.15, 0.2) is 152 Å². The Morgan fingerprint density at radius 3 is 1.28 bits per heavy atom. The quantitative estimate of drug-likeness (QED) is 0.122. The molecule has 0 atom stereocenters. The number of para-hydroxylation sites is 4. The second-order valence-electron chi connectivity index (χ2n) is 32.8. The van der Waals surface area contributed by atoms with Crippen molar-refractivity contribution in [3.05, 3.63) is 203 Å². The molecule has 8 heteroatoms. The van der Waals surface area contributed by atoms with Crippen LogP contribution < -0.4 is 18.7 Å². The molecule has 0 spiro atoms. The Hall–Kier alpha value is -7.06. The summed E-state index contributed by atoms with van der Waals surface area (Å²) in [4.78, 5) is 0. The van der Waals surface area contributed by atoms with Gasteiger partial charge in [-0.1, -0.05) is 268 Å². The zero-order chi connectivity index (χ0) is 76.5. The molecule has 6 heterocycles. The van der Waals surface area contributed by atoms with E-state index in [2.05, 4.69) is 376 Å². The van der Waals surface area contributed by atoms with E-state index in [1.165, 1.54) is 94.8 Å². The van der Waals surface area contributed by atoms with Crippen LogP contribution in [0.5, 0.6) is 0 Å². The van der Waals surface area contributed by atoms with E-state index in [1.807, 2.05) is 83.1 Å². The predicted octanol–water partition coefficient (Wildman–Crippen LogP) is 24.2. The van der Waals surface area contributed by atoms with Crippen LogP contribution >= 0.6 is 0 Å². The van der Waals surface area contributed by atoms with Crippen molar-refractivity contribution in [1.29, 1.82) is 0 Å². The SMILES string of the molecule is CC.CC.CC.CC.CC.CC.CC(C)(C)c1cccc2c3ccccc3c3cc[n+](C(C)(C)C)n3c12.CC(C)(C)c1ccccc1-n1ccc[n+]1C(C)(C)C.Cc1cc(C)[n+](C(C)(C)C)n1-c1ccccc1C(C)(C)C.Cc1cc2[n+](n1C(C)(C)C)-c1c(cccc1C(C)(C)C)CC2. The fraction of sp³-hybridized carbons (Fsp3) is 0.538. The zero-order valence-corrected chi connectivity index (χ0v) is 70.9. The van der Waals surface area contributed by atoms with Gasteiger partial charge in [-0.05, 0) is 96.9 Å². The summed E-state index contributed by atoms with van der Waals surface area (Å²) in [5.74, 6) is 0. The molecule has 0 N–H and O–H groups in total. The second-order valence-corrected chi connectivity index (χ2v) is 32.8. The normalized spacial score (nSPS) is 12.1. The minimum absolute atomic E-state index is 0.00675. The summed E-state index contributed by atoms with van der Waals surface area (Å²) < 4.78 is 19.1. The third-order valence-electron chi connectivity index (χ3n) is 16.9. The molecular weight excluding hydrogens is 1210 g/mol. The summed E-state index contributed by atoms with van der Waals surface area (Å²) in [6.07, 6.45) is 8.77. The molecule has 0 saturated carbocycles. The van der Waals surface area contributed by atoms with E-state index in [-0.39, 0.29) is 43.8 Å². The standard InChI is InChI=1S/C23H27N2.C20H29N2.C19H29N2.C17H25N2.6C2H6/c1-22(2,3)19-13-9-12-18-16-10-7-8-11-17(16)20-14-15-24(23(4,5)6)25(20)21(18)19;1-14-13-16-12-11-15-9-8-10-17(19(2,3)4)18(15)21(16)22(14)20(5,6)7;1-14-13-15(2)21(19(6,7)8)20(14)17-12-10-9-11-16(17)18(3,4)5;1-16(2,3)14-10-7-8-11-15(14)18-12-9-13-19(18)17(4,5)6;6*1-2/h7-15H,1-6H3;8-10,13H,11-12H2,1-7H3;9-13H,1-8H3;7-13H,1-6H3;6*1-2H3/q4*+1;;;;;;. The lowest BCUT2D eigenvalue weighted by atomic mass is 9.83. The van der Waals surface area contributed by atoms with Crippen molar-refractivity contribution >= 4 is 27.2 Å². The molecule has 8 nitrogen and oxygen atoms in total. The van der Waals surface area contributed by atoms with Gasteiger partial charge in [-0.3, -0.25) is 0 Å². The highest BCUT2D eigenvalue weighted by Gasteiger charge is 2.40. The largest absolute Gasteiger partial charge is 0.242 e. The van der Waals surface area contributed by atoms with E-state index in [0.717, 1.165) is 12.8 Å². The Bertz CT molecular complexity index is 4090. The maximum atomic E-state index is 2.49. The zero-order valence-electron chi connectivity index (χ0n) is 70.9. The van der Waals surface area contributed by atoms with Gasteiger partial charge in [0.25, 0.3) is 0 Å². The number of hydrogen-bond donors (Lipinski definition) is 0. The molecule has 0 saturated heterocycles. The van der Waals surface area contributed by atoms with E-state index in [4.69, 9.17) is 0 Å². The first-order valence-electron chi connectivity index (χ1n) is 38.1. The number of aryl methyl sites for hydroxylation is 5. The van der Waals surface area contributed by atoms with Gasteiger partial charge >= 0.3 is 0 Å². The number of aromatic nitrogens is 8. The Kier molecular flexibility index (Phi) is 32.0. The van der Waals surface area contributed by atoms with E-state index >= 15 is 0 Å². The minimum Gasteiger partial charge on any atom is -0.147 e. The Labute approximate surface area is 607 Å². The lowest BCUT2D eigenvalue weighted by molar-refractivity contribution is -0.822. The number of nitrogens with zero attached hydrogens (tertiary/aromatic N) is 8. The molecule has 99 heavy (non-hydrogen) atoms. The van der Waals surface area contributed by atoms with E-state index < -0.39 is 0 Å². The summed E-state index contributed by atoms with van der Waals surface area (Å²) in [6, 6.07) is 48.7. The lowest BCUT2D eigenvalue weighted by Crippen LogP contribution is -2.58. The summed E-state index contributed by atoms with van der Waals surface area (Å²) in [5, 5.41) is 3.96. The second kappa shape index (κ2) is 36.0. The van der Waals surface area contributed by atoms with Gasteiger partial charge in [0.1, 0.15) is 22.4 Å². The van der Waals surface area contributed by atoms with Gasteiger partial charge in [-0.15, -0.1) is 32.6 Å². The molecule has 1 aliphatic rings. The minimum atomic E-state index is 0.00675. The van der Waals surface area contributed by atoms with E-state index in [9.17, 15) is 0 Å². The summed E-state index contributed by atoms with van der Waals surface area (Å²) in [5.41, 5.74) is 19.6. The van der Waals surface area contributed by atoms with Crippen LogP contribution in [0.3, 0.4) is 0 Å². The maximum absolute atomic E-state index is 2.49. The molecule has 11 rings (SSSR count). The monoisotopic (exact) mass is 1350 g/mol. The molecule has 10 aromatic rings. The van der Waals surface area contributed by atoms with Gasteiger partial charge in [0.2, 0.25) is 17.1 Å². The Balaban J connectivity index is 0.000000428. The van der Waals surface area contributed by atoms with Crippen LogP contribution in [-0.2, 0) is 56.7 Å². The number of benzene rings is 5. The number of rotatable bonds is 2. The van der Waals surface area contributed by atoms with Crippen LogP contribution in [0.25, 0.3) is 44.3 Å². The third kappa shape index (κ3) is 20.8. The van der Waals surface area contributed by atoms with Gasteiger partial charge in [0.15, 0.2) is 29.0 Å². The molecule has 546 valence electrons. The summed E-state index contributed by atoms with van der Waals surface area (Å²) >= 11 is 0. The molecule has 1 aliphatic heterocycles. The Morgan fingerprint density at radius 2 is 0.798 bits per heavy atom. The van der Waals surface area contributed by atoms with Crippen molar-refractivity contribution in [2.24, 2.45) is 0 Å². The van der Waals surface area contributed by atoms with E-state index in [1.54, 1.807) is 0 Å². The van der Waals surface area contributed by atoms with Gasteiger partial charge in [-0.2, -0.15) is 0 Å².